The Morgan fingerprint density at radius 1 is 1.12 bits per heavy atom. The van der Waals surface area contributed by atoms with Crippen LogP contribution in [0.25, 0.3) is 11.0 Å². The third-order valence-electron chi connectivity index (χ3n) is 10.6. The molecule has 3 amide bonds. The van der Waals surface area contributed by atoms with Gasteiger partial charge in [-0.3, -0.25) is 14.4 Å². The fraction of sp³-hybridized carbons (Fsp3) is 0.571. The molecule has 0 unspecified atom stereocenters. The number of nitrogens with one attached hydrogen (secondary N) is 2. The van der Waals surface area contributed by atoms with Crippen LogP contribution in [-0.4, -0.2) is 76.6 Å². The molecule has 0 bridgehead atoms. The summed E-state index contributed by atoms with van der Waals surface area (Å²) in [6, 6.07) is 2.67. The van der Waals surface area contributed by atoms with Gasteiger partial charge >= 0.3 is 0 Å². The van der Waals surface area contributed by atoms with Gasteiger partial charge < -0.3 is 19.7 Å². The minimum Gasteiger partial charge on any atom is -0.483 e. The summed E-state index contributed by atoms with van der Waals surface area (Å²) in [5.74, 6) is 4.50. The summed E-state index contributed by atoms with van der Waals surface area (Å²) in [7, 11) is -2.44. The summed E-state index contributed by atoms with van der Waals surface area (Å²) < 4.78 is 39.5. The van der Waals surface area contributed by atoms with E-state index in [4.69, 9.17) is 14.5 Å². The molecule has 0 aromatic carbocycles. The van der Waals surface area contributed by atoms with Crippen LogP contribution >= 0.6 is 0 Å². The van der Waals surface area contributed by atoms with Gasteiger partial charge in [-0.15, -0.1) is 0 Å². The first-order chi connectivity index (χ1) is 22.9. The van der Waals surface area contributed by atoms with Crippen LogP contribution in [0.3, 0.4) is 0 Å². The number of carbonyl (C=O) groups excluding carboxylic acids is 3. The van der Waals surface area contributed by atoms with Crippen molar-refractivity contribution in [1.82, 2.24) is 24.9 Å². The average molecular weight is 676 g/mol. The molecule has 7 rings (SSSR count). The Morgan fingerprint density at radius 2 is 1.92 bits per heavy atom. The van der Waals surface area contributed by atoms with Crippen LogP contribution in [0.5, 0.6) is 11.6 Å². The van der Waals surface area contributed by atoms with Gasteiger partial charge in [0.1, 0.15) is 17.4 Å². The predicted molar refractivity (Wildman–Crippen MR) is 176 cm³/mol. The molecule has 5 heterocycles. The molecule has 1 saturated heterocycles. The monoisotopic (exact) mass is 675 g/mol. The molecular formula is C35H41N5O7S. The van der Waals surface area contributed by atoms with E-state index in [9.17, 15) is 22.8 Å². The van der Waals surface area contributed by atoms with Gasteiger partial charge in [-0.2, -0.15) is 0 Å². The normalized spacial score (nSPS) is 30.1. The molecule has 4 atom stereocenters. The maximum absolute atomic E-state index is 14.3. The standard InChI is InChI=1S/C35H41N5O7S/c1-22-30-24(29-25(36-22)12-13-27(37-29)46-3)15-16-34(47-30)20-26-31(42)38-35(32(43)39-48(44,45)33(2)18-19-33)17-14-23(35)10-8-6-4-5-7-9-11-28(41)40(26)21-34/h8,10,12-13,23,26H,4-7,9,11,15-16,18-21H2,1-3H3,(H,38,42)(H,39,43)/b10-8-/t23-,26+,34-,35-/m1/s1. The number of amides is 3. The lowest BCUT2D eigenvalue weighted by atomic mass is 9.75. The van der Waals surface area contributed by atoms with Gasteiger partial charge in [0.25, 0.3) is 5.91 Å². The van der Waals surface area contributed by atoms with Crippen molar-refractivity contribution in [3.05, 3.63) is 35.5 Å². The molecule has 1 saturated carbocycles. The minimum absolute atomic E-state index is 0.159. The summed E-state index contributed by atoms with van der Waals surface area (Å²) in [4.78, 5) is 52.9. The van der Waals surface area contributed by atoms with E-state index in [2.05, 4.69) is 26.9 Å². The molecular weight excluding hydrogens is 634 g/mol. The van der Waals surface area contributed by atoms with Crippen molar-refractivity contribution in [2.75, 3.05) is 13.7 Å². The number of aryl methyl sites for hydroxylation is 2. The van der Waals surface area contributed by atoms with E-state index >= 15 is 0 Å². The van der Waals surface area contributed by atoms with Crippen LogP contribution in [0, 0.1) is 24.7 Å². The van der Waals surface area contributed by atoms with Gasteiger partial charge in [-0.05, 0) is 64.9 Å². The van der Waals surface area contributed by atoms with Crippen LogP contribution < -0.4 is 19.5 Å². The quantitative estimate of drug-likeness (QED) is 0.367. The predicted octanol–water partition coefficient (Wildman–Crippen LogP) is 3.01. The Balaban J connectivity index is 1.21. The van der Waals surface area contributed by atoms with E-state index in [1.165, 1.54) is 0 Å². The molecule has 2 aliphatic carbocycles. The third kappa shape index (κ3) is 5.47. The number of methoxy groups -OCH3 is 1. The smallest absolute Gasteiger partial charge is 0.273 e. The molecule has 2 fully saturated rings. The van der Waals surface area contributed by atoms with Crippen molar-refractivity contribution in [2.24, 2.45) is 5.92 Å². The lowest BCUT2D eigenvalue weighted by Crippen LogP contribution is -2.67. The highest BCUT2D eigenvalue weighted by Crippen LogP contribution is 2.45. The van der Waals surface area contributed by atoms with Crippen molar-refractivity contribution in [2.45, 2.75) is 106 Å². The summed E-state index contributed by atoms with van der Waals surface area (Å²) >= 11 is 0. The summed E-state index contributed by atoms with van der Waals surface area (Å²) in [6.45, 7) is 3.65. The molecule has 0 radical (unpaired) electrons. The summed E-state index contributed by atoms with van der Waals surface area (Å²) in [5.41, 5.74) is 0.343. The van der Waals surface area contributed by atoms with E-state index in [0.29, 0.717) is 54.9 Å². The first-order valence-corrected chi connectivity index (χ1v) is 18.3. The van der Waals surface area contributed by atoms with E-state index in [1.807, 2.05) is 19.1 Å². The molecule has 1 spiro atoms. The SMILES string of the molecule is COc1ccc2nc(C)c3c(c2n1)CC[C@]1(C[C@H]2C(=O)N[C@]4(C(=O)NS(=O)(=O)C5(C)CC5)C#C[C@H]4/C=C\CCCCCCC(=O)N2C1)O3. The fourth-order valence-electron chi connectivity index (χ4n) is 7.28. The zero-order valence-electron chi connectivity index (χ0n) is 27.6. The largest absolute Gasteiger partial charge is 0.483 e. The Kier molecular flexibility index (Phi) is 7.93. The highest BCUT2D eigenvalue weighted by Gasteiger charge is 2.58. The molecule has 13 heteroatoms. The van der Waals surface area contributed by atoms with Crippen molar-refractivity contribution in [3.8, 4) is 23.5 Å². The lowest BCUT2D eigenvalue weighted by Gasteiger charge is -2.38. The first-order valence-electron chi connectivity index (χ1n) is 16.8. The minimum atomic E-state index is -3.99. The van der Waals surface area contributed by atoms with Crippen LogP contribution in [0.4, 0.5) is 0 Å². The number of ether oxygens (including phenoxy) is 2. The number of sulfonamides is 1. The van der Waals surface area contributed by atoms with Gasteiger partial charge in [-0.25, -0.2) is 23.1 Å². The van der Waals surface area contributed by atoms with Gasteiger partial charge in [0.05, 0.1) is 41.0 Å². The van der Waals surface area contributed by atoms with E-state index in [-0.39, 0.29) is 25.3 Å². The Labute approximate surface area is 280 Å². The number of nitrogens with zero attached hydrogens (tertiary/aromatic N) is 3. The van der Waals surface area contributed by atoms with Crippen molar-refractivity contribution in [3.63, 3.8) is 0 Å². The maximum Gasteiger partial charge on any atom is 0.273 e. The molecule has 3 aliphatic heterocycles. The highest BCUT2D eigenvalue weighted by atomic mass is 32.2. The van der Waals surface area contributed by atoms with Crippen molar-refractivity contribution >= 4 is 38.8 Å². The molecule has 48 heavy (non-hydrogen) atoms. The number of allylic oxidation sites excluding steroid dienone is 1. The topological polar surface area (TPSA) is 157 Å². The Hall–Kier alpha value is -4.18. The van der Waals surface area contributed by atoms with E-state index in [0.717, 1.165) is 36.8 Å². The number of carbonyl (C=O) groups is 3. The van der Waals surface area contributed by atoms with Crippen LogP contribution in [0.15, 0.2) is 24.3 Å². The first kappa shape index (κ1) is 32.4. The highest BCUT2D eigenvalue weighted by molar-refractivity contribution is 7.91. The Bertz CT molecular complexity index is 1910. The fourth-order valence-corrected chi connectivity index (χ4v) is 8.57. The lowest BCUT2D eigenvalue weighted by molar-refractivity contribution is -0.140. The second kappa shape index (κ2) is 11.8. The zero-order chi connectivity index (χ0) is 33.9. The number of fused-ring (bicyclic) bond motifs is 5. The number of rotatable bonds is 4. The van der Waals surface area contributed by atoms with E-state index in [1.54, 1.807) is 31.1 Å². The van der Waals surface area contributed by atoms with Gasteiger partial charge in [-0.1, -0.05) is 36.8 Å². The molecule has 2 aromatic heterocycles. The number of hydrogen-bond acceptors (Lipinski definition) is 9. The summed E-state index contributed by atoms with van der Waals surface area (Å²) in [5, 5.41) is 2.85. The third-order valence-corrected chi connectivity index (χ3v) is 12.8. The van der Waals surface area contributed by atoms with Crippen LogP contribution in [0.2, 0.25) is 0 Å². The zero-order valence-corrected chi connectivity index (χ0v) is 28.4. The van der Waals surface area contributed by atoms with Crippen molar-refractivity contribution < 1.29 is 32.3 Å². The Morgan fingerprint density at radius 3 is 2.65 bits per heavy atom. The second-order valence-corrected chi connectivity index (χ2v) is 16.3. The number of pyridine rings is 2. The second-order valence-electron chi connectivity index (χ2n) is 14.1. The molecule has 2 aromatic rings. The molecule has 12 nitrogen and oxygen atoms in total. The number of hydrogen-bond donors (Lipinski definition) is 2. The average Bonchev–Trinajstić information content (AvgIpc) is 3.72. The molecule has 5 aliphatic rings. The van der Waals surface area contributed by atoms with E-state index < -0.39 is 49.7 Å². The molecule has 254 valence electrons. The van der Waals surface area contributed by atoms with Gasteiger partial charge in [0.15, 0.2) is 5.54 Å². The number of aromatic nitrogens is 2. The summed E-state index contributed by atoms with van der Waals surface area (Å²) in [6.07, 6.45) is 10.3. The van der Waals surface area contributed by atoms with Crippen LogP contribution in [-0.2, 0) is 30.8 Å². The van der Waals surface area contributed by atoms with Crippen molar-refractivity contribution in [1.29, 1.82) is 0 Å². The molecule has 2 N–H and O–H groups in total. The van der Waals surface area contributed by atoms with Crippen LogP contribution in [0.1, 0.15) is 82.4 Å². The maximum atomic E-state index is 14.3. The van der Waals surface area contributed by atoms with Gasteiger partial charge in [0, 0.05) is 24.5 Å². The van der Waals surface area contributed by atoms with Gasteiger partial charge in [0.2, 0.25) is 27.7 Å².